The van der Waals surface area contributed by atoms with Crippen LogP contribution in [0, 0.1) is 6.57 Å². The monoisotopic (exact) mass is 464 g/mol. The lowest BCUT2D eigenvalue weighted by molar-refractivity contribution is -0.116. The Balaban J connectivity index is 1.41. The summed E-state index contributed by atoms with van der Waals surface area (Å²) in [5, 5.41) is 11.8. The summed E-state index contributed by atoms with van der Waals surface area (Å²) in [5.41, 5.74) is 4.27. The topological polar surface area (TPSA) is 102 Å². The third kappa shape index (κ3) is 3.97. The smallest absolute Gasteiger partial charge is 0.238 e. The number of anilines is 2. The van der Waals surface area contributed by atoms with Gasteiger partial charge in [0.25, 0.3) is 0 Å². The first kappa shape index (κ1) is 21.2. The zero-order valence-corrected chi connectivity index (χ0v) is 19.1. The van der Waals surface area contributed by atoms with Gasteiger partial charge in [0.15, 0.2) is 11.3 Å². The van der Waals surface area contributed by atoms with Crippen LogP contribution in [0.25, 0.3) is 15.9 Å². The summed E-state index contributed by atoms with van der Waals surface area (Å²) in [6, 6.07) is 9.57. The van der Waals surface area contributed by atoms with E-state index in [0.717, 1.165) is 35.8 Å². The Kier molecular flexibility index (Phi) is 5.34. The Hall–Kier alpha value is -4.32. The third-order valence-electron chi connectivity index (χ3n) is 6.81. The van der Waals surface area contributed by atoms with E-state index in [1.165, 1.54) is 12.8 Å². The Bertz CT molecular complexity index is 1450. The van der Waals surface area contributed by atoms with Crippen molar-refractivity contribution in [2.75, 3.05) is 17.2 Å². The highest BCUT2D eigenvalue weighted by molar-refractivity contribution is 6.07. The van der Waals surface area contributed by atoms with Gasteiger partial charge >= 0.3 is 0 Å². The number of hydrogen-bond acceptors (Lipinski definition) is 6. The van der Waals surface area contributed by atoms with E-state index in [4.69, 9.17) is 21.6 Å². The summed E-state index contributed by atoms with van der Waals surface area (Å²) in [7, 11) is 0. The van der Waals surface area contributed by atoms with Crippen molar-refractivity contribution < 1.29 is 4.79 Å². The molecule has 174 valence electrons. The fourth-order valence-electron chi connectivity index (χ4n) is 5.05. The van der Waals surface area contributed by atoms with Crippen molar-refractivity contribution in [3.8, 4) is 0 Å². The van der Waals surface area contributed by atoms with Crippen molar-refractivity contribution in [3.63, 3.8) is 0 Å². The number of hydrogen-bond donors (Lipinski definition) is 2. The maximum absolute atomic E-state index is 13.1. The van der Waals surface area contributed by atoms with Crippen LogP contribution in [0.15, 0.2) is 48.9 Å². The van der Waals surface area contributed by atoms with Crippen LogP contribution in [0.5, 0.6) is 0 Å². The molecule has 1 aliphatic carbocycles. The second-order valence-electron chi connectivity index (χ2n) is 9.06. The maximum atomic E-state index is 13.1. The molecule has 1 amide bonds. The second-order valence-corrected chi connectivity index (χ2v) is 9.06. The van der Waals surface area contributed by atoms with Crippen LogP contribution in [0.3, 0.4) is 0 Å². The molecule has 0 spiro atoms. The number of carbonyl (C=O) groups is 1. The van der Waals surface area contributed by atoms with Crippen LogP contribution in [0.1, 0.15) is 54.5 Å². The summed E-state index contributed by atoms with van der Waals surface area (Å²) in [6.07, 6.45) is 10.9. The van der Waals surface area contributed by atoms with Gasteiger partial charge in [-0.2, -0.15) is 10.1 Å². The Morgan fingerprint density at radius 2 is 2.09 bits per heavy atom. The van der Waals surface area contributed by atoms with Crippen LogP contribution in [-0.4, -0.2) is 37.2 Å². The lowest BCUT2D eigenvalue weighted by Gasteiger charge is -2.12. The minimum atomic E-state index is -0.627. The Morgan fingerprint density at radius 3 is 2.89 bits per heavy atom. The third-order valence-corrected chi connectivity index (χ3v) is 6.81. The van der Waals surface area contributed by atoms with Gasteiger partial charge in [-0.25, -0.2) is 9.83 Å². The number of pyridine rings is 1. The highest BCUT2D eigenvalue weighted by atomic mass is 16.2. The van der Waals surface area contributed by atoms with Crippen molar-refractivity contribution in [1.29, 1.82) is 0 Å². The van der Waals surface area contributed by atoms with Crippen molar-refractivity contribution in [2.45, 2.75) is 44.1 Å². The van der Waals surface area contributed by atoms with Gasteiger partial charge in [0.1, 0.15) is 5.92 Å². The number of fused-ring (bicyclic) bond motifs is 2. The first-order valence-electron chi connectivity index (χ1n) is 11.9. The molecule has 1 fully saturated rings. The number of amides is 1. The van der Waals surface area contributed by atoms with Crippen LogP contribution < -0.4 is 10.6 Å². The van der Waals surface area contributed by atoms with Crippen LogP contribution in [0.2, 0.25) is 0 Å². The molecule has 0 radical (unpaired) electrons. The number of carbonyl (C=O) groups excluding carboxylic acids is 1. The molecule has 4 heterocycles. The molecule has 2 aliphatic rings. The maximum Gasteiger partial charge on any atom is 0.238 e. The number of aromatic nitrogens is 5. The summed E-state index contributed by atoms with van der Waals surface area (Å²) >= 11 is 0. The van der Waals surface area contributed by atoms with Gasteiger partial charge in [0.05, 0.1) is 23.7 Å². The molecule has 1 unspecified atom stereocenters. The zero-order chi connectivity index (χ0) is 23.8. The second kappa shape index (κ2) is 8.80. The fraction of sp³-hybridized carbons (Fsp3) is 0.308. The number of benzene rings is 1. The zero-order valence-electron chi connectivity index (χ0n) is 19.1. The van der Waals surface area contributed by atoms with Crippen molar-refractivity contribution >= 4 is 34.3 Å². The molecule has 1 aromatic carbocycles. The standard InChI is InChI=1S/C26H24N8O/c1-27-17-8-9-21-19(13-17)22(25(35)30-21)23-20-15-34(18-6-2-3-7-18)33-24(20)32-26(31-23)29-12-10-16-5-4-11-28-14-16/h4-5,8-9,11,13-15,18,22H,2-3,6-7,10,12H2,(H,30,35)(H,29,32,33). The van der Waals surface area contributed by atoms with Crippen LogP contribution in [0.4, 0.5) is 17.3 Å². The van der Waals surface area contributed by atoms with Gasteiger partial charge < -0.3 is 10.6 Å². The van der Waals surface area contributed by atoms with E-state index in [1.54, 1.807) is 24.4 Å². The van der Waals surface area contributed by atoms with E-state index in [9.17, 15) is 4.79 Å². The number of nitrogens with one attached hydrogen (secondary N) is 2. The number of rotatable bonds is 6. The minimum Gasteiger partial charge on any atom is -0.354 e. The summed E-state index contributed by atoms with van der Waals surface area (Å²) in [5.74, 6) is -0.343. The molecule has 3 aromatic heterocycles. The molecule has 1 atom stereocenters. The van der Waals surface area contributed by atoms with Gasteiger partial charge in [-0.3, -0.25) is 14.5 Å². The van der Waals surface area contributed by atoms with E-state index < -0.39 is 5.92 Å². The Morgan fingerprint density at radius 1 is 1.20 bits per heavy atom. The molecule has 1 saturated carbocycles. The molecule has 9 nitrogen and oxygen atoms in total. The largest absolute Gasteiger partial charge is 0.354 e. The Labute approximate surface area is 202 Å². The fourth-order valence-corrected chi connectivity index (χ4v) is 5.05. The molecular formula is C26H24N8O. The summed E-state index contributed by atoms with van der Waals surface area (Å²) in [6.45, 7) is 8.02. The molecule has 6 rings (SSSR count). The molecule has 2 N–H and O–H groups in total. The van der Waals surface area contributed by atoms with Gasteiger partial charge in [-0.05, 0) is 42.5 Å². The van der Waals surface area contributed by atoms with E-state index in [-0.39, 0.29) is 5.91 Å². The SMILES string of the molecule is [C-]#[N+]c1ccc2c(c1)C(c1nc(NCCc3cccnc3)nc3nn(C4CCCC4)cc13)C(=O)N2. The highest BCUT2D eigenvalue weighted by Crippen LogP contribution is 2.41. The first-order valence-corrected chi connectivity index (χ1v) is 11.9. The average Bonchev–Trinajstić information content (AvgIpc) is 3.62. The number of nitrogens with zero attached hydrogens (tertiary/aromatic N) is 6. The lowest BCUT2D eigenvalue weighted by Crippen LogP contribution is -2.17. The van der Waals surface area contributed by atoms with E-state index in [1.807, 2.05) is 29.2 Å². The van der Waals surface area contributed by atoms with E-state index >= 15 is 0 Å². The molecule has 0 bridgehead atoms. The minimum absolute atomic E-state index is 0.156. The van der Waals surface area contributed by atoms with E-state index in [2.05, 4.69) is 20.5 Å². The molecule has 4 aromatic rings. The molecular weight excluding hydrogens is 440 g/mol. The normalized spacial score (nSPS) is 17.3. The predicted octanol–water partition coefficient (Wildman–Crippen LogP) is 4.63. The predicted molar refractivity (Wildman–Crippen MR) is 132 cm³/mol. The lowest BCUT2D eigenvalue weighted by atomic mass is 9.95. The average molecular weight is 465 g/mol. The molecule has 9 heteroatoms. The van der Waals surface area contributed by atoms with Crippen LogP contribution in [-0.2, 0) is 11.2 Å². The van der Waals surface area contributed by atoms with Gasteiger partial charge in [-0.1, -0.05) is 31.0 Å². The summed E-state index contributed by atoms with van der Waals surface area (Å²) < 4.78 is 2.00. The molecule has 1 aliphatic heterocycles. The summed E-state index contributed by atoms with van der Waals surface area (Å²) in [4.78, 5) is 30.4. The molecule has 0 saturated heterocycles. The molecule has 35 heavy (non-hydrogen) atoms. The van der Waals surface area contributed by atoms with Crippen molar-refractivity contribution in [2.24, 2.45) is 0 Å². The van der Waals surface area contributed by atoms with Crippen molar-refractivity contribution in [1.82, 2.24) is 24.7 Å². The quantitative estimate of drug-likeness (QED) is 0.404. The highest BCUT2D eigenvalue weighted by Gasteiger charge is 2.35. The van der Waals surface area contributed by atoms with Crippen LogP contribution >= 0.6 is 0 Å². The van der Waals surface area contributed by atoms with Gasteiger partial charge in [0, 0.05) is 30.8 Å². The van der Waals surface area contributed by atoms with E-state index in [0.29, 0.717) is 41.3 Å². The van der Waals surface area contributed by atoms with Crippen molar-refractivity contribution in [3.05, 3.63) is 77.2 Å². The van der Waals surface area contributed by atoms with Gasteiger partial charge in [0.2, 0.25) is 11.9 Å². The van der Waals surface area contributed by atoms with Gasteiger partial charge in [-0.15, -0.1) is 0 Å². The first-order chi connectivity index (χ1) is 17.2.